The number of benzene rings is 2. The Hall–Kier alpha value is -2.99. The summed E-state index contributed by atoms with van der Waals surface area (Å²) in [5, 5.41) is 9.77. The van der Waals surface area contributed by atoms with E-state index in [1.165, 1.54) is 6.08 Å². The van der Waals surface area contributed by atoms with Crippen LogP contribution in [-0.2, 0) is 4.79 Å². The van der Waals surface area contributed by atoms with Crippen LogP contribution in [0.5, 0.6) is 23.0 Å². The summed E-state index contributed by atoms with van der Waals surface area (Å²) >= 11 is 0. The van der Waals surface area contributed by atoms with Crippen molar-refractivity contribution in [1.82, 2.24) is 0 Å². The van der Waals surface area contributed by atoms with Gasteiger partial charge in [-0.3, -0.25) is 4.79 Å². The summed E-state index contributed by atoms with van der Waals surface area (Å²) in [6, 6.07) is 10.8. The summed E-state index contributed by atoms with van der Waals surface area (Å²) in [6.07, 6.45) is 2.71. The van der Waals surface area contributed by atoms with Crippen molar-refractivity contribution in [3.05, 3.63) is 53.6 Å². The highest BCUT2D eigenvalue weighted by Crippen LogP contribution is 2.41. The predicted molar refractivity (Wildman–Crippen MR) is 96.0 cm³/mol. The normalized spacial score (nSPS) is 18.6. The van der Waals surface area contributed by atoms with Gasteiger partial charge in [0.1, 0.15) is 6.29 Å². The number of methoxy groups -OCH3 is 2. The first-order valence-corrected chi connectivity index (χ1v) is 8.12. The van der Waals surface area contributed by atoms with E-state index < -0.39 is 12.2 Å². The molecule has 2 atom stereocenters. The van der Waals surface area contributed by atoms with Crippen molar-refractivity contribution >= 4 is 12.4 Å². The molecular weight excluding hydrogens is 336 g/mol. The van der Waals surface area contributed by atoms with Crippen LogP contribution >= 0.6 is 0 Å². The minimum Gasteiger partial charge on any atom is -0.493 e. The molecule has 0 fully saturated rings. The van der Waals surface area contributed by atoms with Crippen molar-refractivity contribution < 1.29 is 28.8 Å². The number of aliphatic hydroxyl groups is 1. The Labute approximate surface area is 151 Å². The molecule has 26 heavy (non-hydrogen) atoms. The maximum atomic E-state index is 10.5. The van der Waals surface area contributed by atoms with Crippen LogP contribution in [0.15, 0.2) is 42.5 Å². The second-order valence-electron chi connectivity index (χ2n) is 5.69. The molecule has 2 aromatic rings. The molecular formula is C20H20O6. The van der Waals surface area contributed by atoms with Crippen LogP contribution in [0.4, 0.5) is 0 Å². The van der Waals surface area contributed by atoms with Gasteiger partial charge in [0.05, 0.1) is 20.8 Å². The molecule has 0 spiro atoms. The Kier molecular flexibility index (Phi) is 5.43. The summed E-state index contributed by atoms with van der Waals surface area (Å²) in [7, 11) is 3.13. The first-order chi connectivity index (χ1) is 12.7. The average molecular weight is 356 g/mol. The van der Waals surface area contributed by atoms with Crippen molar-refractivity contribution in [2.75, 3.05) is 20.8 Å². The van der Waals surface area contributed by atoms with Gasteiger partial charge in [-0.25, -0.2) is 0 Å². The average Bonchev–Trinajstić information content (AvgIpc) is 2.70. The number of fused-ring (bicyclic) bond motifs is 1. The third kappa shape index (κ3) is 3.50. The number of aldehydes is 1. The summed E-state index contributed by atoms with van der Waals surface area (Å²) in [4.78, 5) is 10.5. The molecule has 6 heteroatoms. The molecule has 1 heterocycles. The van der Waals surface area contributed by atoms with E-state index in [-0.39, 0.29) is 6.61 Å². The highest BCUT2D eigenvalue weighted by molar-refractivity contribution is 5.74. The third-order valence-corrected chi connectivity index (χ3v) is 4.12. The van der Waals surface area contributed by atoms with Gasteiger partial charge in [-0.2, -0.15) is 0 Å². The molecule has 136 valence electrons. The molecule has 1 aliphatic rings. The number of rotatable bonds is 6. The number of allylic oxidation sites excluding steroid dienone is 1. The number of carbonyl (C=O) groups excluding carboxylic acids is 1. The lowest BCUT2D eigenvalue weighted by Gasteiger charge is -2.33. The van der Waals surface area contributed by atoms with E-state index in [1.807, 2.05) is 18.2 Å². The van der Waals surface area contributed by atoms with Crippen molar-refractivity contribution in [3.8, 4) is 23.0 Å². The maximum absolute atomic E-state index is 10.5. The van der Waals surface area contributed by atoms with Gasteiger partial charge in [0.2, 0.25) is 0 Å². The summed E-state index contributed by atoms with van der Waals surface area (Å²) in [5.41, 5.74) is 1.61. The SMILES string of the molecule is COc1ccc([C@@H]2Oc3ccc(/C=C/C=O)cc3O[C@H]2CO)cc1OC. The Morgan fingerprint density at radius 3 is 2.54 bits per heavy atom. The second kappa shape index (κ2) is 7.93. The highest BCUT2D eigenvalue weighted by atomic mass is 16.6. The van der Waals surface area contributed by atoms with Gasteiger partial charge in [0.25, 0.3) is 0 Å². The monoisotopic (exact) mass is 356 g/mol. The van der Waals surface area contributed by atoms with Crippen LogP contribution in [-0.4, -0.2) is 38.3 Å². The lowest BCUT2D eigenvalue weighted by atomic mass is 10.0. The highest BCUT2D eigenvalue weighted by Gasteiger charge is 2.33. The van der Waals surface area contributed by atoms with Gasteiger partial charge >= 0.3 is 0 Å². The standard InChI is InChI=1S/C20H20O6/c1-23-15-8-6-14(11-17(15)24-2)20-19(12-22)25-18-10-13(4-3-9-21)5-7-16(18)26-20/h3-11,19-20,22H,12H2,1-2H3/b4-3+/t19-,20-/m0/s1. The first kappa shape index (κ1) is 17.8. The molecule has 1 N–H and O–H groups in total. The van der Waals surface area contributed by atoms with Crippen molar-refractivity contribution in [2.24, 2.45) is 0 Å². The van der Waals surface area contributed by atoms with Crippen molar-refractivity contribution in [2.45, 2.75) is 12.2 Å². The molecule has 6 nitrogen and oxygen atoms in total. The largest absolute Gasteiger partial charge is 0.493 e. The van der Waals surface area contributed by atoms with E-state index >= 15 is 0 Å². The van der Waals surface area contributed by atoms with Crippen LogP contribution in [0.1, 0.15) is 17.2 Å². The molecule has 0 saturated carbocycles. The number of carbonyl (C=O) groups is 1. The minimum absolute atomic E-state index is 0.215. The van der Waals surface area contributed by atoms with E-state index in [0.717, 1.165) is 11.1 Å². The Morgan fingerprint density at radius 2 is 1.85 bits per heavy atom. The fourth-order valence-electron chi connectivity index (χ4n) is 2.85. The summed E-state index contributed by atoms with van der Waals surface area (Å²) in [6.45, 7) is -0.215. The zero-order chi connectivity index (χ0) is 18.5. The van der Waals surface area contributed by atoms with E-state index in [4.69, 9.17) is 18.9 Å². The number of hydrogen-bond acceptors (Lipinski definition) is 6. The van der Waals surface area contributed by atoms with Crippen molar-refractivity contribution in [3.63, 3.8) is 0 Å². The lowest BCUT2D eigenvalue weighted by Crippen LogP contribution is -2.36. The Morgan fingerprint density at radius 1 is 1.04 bits per heavy atom. The van der Waals surface area contributed by atoms with Crippen molar-refractivity contribution in [1.29, 1.82) is 0 Å². The number of hydrogen-bond donors (Lipinski definition) is 1. The predicted octanol–water partition coefficient (Wildman–Crippen LogP) is 2.79. The fraction of sp³-hybridized carbons (Fsp3) is 0.250. The molecule has 1 aliphatic heterocycles. The zero-order valence-electron chi connectivity index (χ0n) is 14.5. The second-order valence-corrected chi connectivity index (χ2v) is 5.69. The molecule has 0 aromatic heterocycles. The van der Waals surface area contributed by atoms with Crippen LogP contribution in [0, 0.1) is 0 Å². The molecule has 0 saturated heterocycles. The van der Waals surface area contributed by atoms with Crippen LogP contribution in [0.3, 0.4) is 0 Å². The minimum atomic E-state index is -0.578. The van der Waals surface area contributed by atoms with Crippen LogP contribution in [0.2, 0.25) is 0 Å². The topological polar surface area (TPSA) is 74.2 Å². The molecule has 2 aromatic carbocycles. The van der Waals surface area contributed by atoms with Crippen LogP contribution < -0.4 is 18.9 Å². The zero-order valence-corrected chi connectivity index (χ0v) is 14.5. The maximum Gasteiger partial charge on any atom is 0.163 e. The van der Waals surface area contributed by atoms with Gasteiger partial charge < -0.3 is 24.1 Å². The number of ether oxygens (including phenoxy) is 4. The molecule has 0 bridgehead atoms. The fourth-order valence-corrected chi connectivity index (χ4v) is 2.85. The summed E-state index contributed by atoms with van der Waals surface area (Å²) < 4.78 is 22.6. The van der Waals surface area contributed by atoms with E-state index in [1.54, 1.807) is 38.5 Å². The number of aliphatic hydroxyl groups excluding tert-OH is 1. The van der Waals surface area contributed by atoms with E-state index in [0.29, 0.717) is 29.3 Å². The van der Waals surface area contributed by atoms with E-state index in [2.05, 4.69) is 0 Å². The Balaban J connectivity index is 1.93. The Bertz CT molecular complexity index is 814. The van der Waals surface area contributed by atoms with Gasteiger partial charge in [0.15, 0.2) is 35.2 Å². The quantitative estimate of drug-likeness (QED) is 0.634. The molecule has 3 rings (SSSR count). The van der Waals surface area contributed by atoms with Gasteiger partial charge in [-0.1, -0.05) is 18.2 Å². The molecule has 0 amide bonds. The molecule has 0 radical (unpaired) electrons. The van der Waals surface area contributed by atoms with Gasteiger partial charge in [0, 0.05) is 5.56 Å². The molecule has 0 unspecified atom stereocenters. The van der Waals surface area contributed by atoms with Gasteiger partial charge in [-0.15, -0.1) is 0 Å². The molecule has 0 aliphatic carbocycles. The summed E-state index contributed by atoms with van der Waals surface area (Å²) in [5.74, 6) is 2.28. The first-order valence-electron chi connectivity index (χ1n) is 8.12. The van der Waals surface area contributed by atoms with Crippen LogP contribution in [0.25, 0.3) is 6.08 Å². The van der Waals surface area contributed by atoms with Gasteiger partial charge in [-0.05, 0) is 35.9 Å². The van der Waals surface area contributed by atoms with E-state index in [9.17, 15) is 9.90 Å². The lowest BCUT2D eigenvalue weighted by molar-refractivity contribution is -0.104. The third-order valence-electron chi connectivity index (χ3n) is 4.12. The smallest absolute Gasteiger partial charge is 0.163 e.